The average Bonchev–Trinajstić information content (AvgIpc) is 3.63. The van der Waals surface area contributed by atoms with E-state index in [9.17, 15) is 19.9 Å². The third-order valence-corrected chi connectivity index (χ3v) is 5.94. The van der Waals surface area contributed by atoms with Gasteiger partial charge >= 0.3 is 0 Å². The standard InChI is InChI=1S/C26H24N4O4/c1-26(2,33)22-14-17(10-12-30(22)34)16-5-3-6-19(13-16)29-15-21(25(32)28-18-8-9-18)23(31)20-7-4-11-27-24(20)29/h3-7,10-15,18,33H,8-9H2,1-2H3,(H-,28,32,34)/p+1. The van der Waals surface area contributed by atoms with Crippen molar-refractivity contribution < 1.29 is 19.8 Å². The van der Waals surface area contributed by atoms with Gasteiger partial charge in [-0.15, -0.1) is 0 Å². The fourth-order valence-electron chi connectivity index (χ4n) is 3.97. The van der Waals surface area contributed by atoms with Crippen LogP contribution in [0.2, 0.25) is 0 Å². The number of fused-ring (bicyclic) bond motifs is 1. The highest BCUT2D eigenvalue weighted by Crippen LogP contribution is 2.26. The predicted octanol–water partition coefficient (Wildman–Crippen LogP) is 2.70. The van der Waals surface area contributed by atoms with E-state index in [0.717, 1.165) is 28.7 Å². The van der Waals surface area contributed by atoms with Gasteiger partial charge < -0.3 is 15.0 Å². The summed E-state index contributed by atoms with van der Waals surface area (Å²) in [4.78, 5) is 30.3. The van der Waals surface area contributed by atoms with Gasteiger partial charge in [0.25, 0.3) is 11.6 Å². The first-order valence-corrected chi connectivity index (χ1v) is 11.1. The van der Waals surface area contributed by atoms with Crippen LogP contribution in [0.1, 0.15) is 42.7 Å². The van der Waals surface area contributed by atoms with Crippen molar-refractivity contribution in [2.75, 3.05) is 0 Å². The molecule has 0 radical (unpaired) electrons. The lowest BCUT2D eigenvalue weighted by Crippen LogP contribution is -2.41. The smallest absolute Gasteiger partial charge is 0.265 e. The van der Waals surface area contributed by atoms with Crippen LogP contribution in [0.3, 0.4) is 0 Å². The van der Waals surface area contributed by atoms with E-state index in [1.165, 1.54) is 6.20 Å². The Labute approximate surface area is 195 Å². The predicted molar refractivity (Wildman–Crippen MR) is 126 cm³/mol. The maximum Gasteiger partial charge on any atom is 0.265 e. The zero-order valence-corrected chi connectivity index (χ0v) is 18.9. The SMILES string of the molecule is CC(C)(O)c1cc(-c2cccc(-n3cc(C(=O)NC4CC4)c(=O)c4cccnc43)c2)cc[n+]1O. The molecule has 1 aliphatic carbocycles. The van der Waals surface area contributed by atoms with Crippen LogP contribution in [0.25, 0.3) is 27.8 Å². The number of pyridine rings is 3. The molecule has 1 aromatic carbocycles. The summed E-state index contributed by atoms with van der Waals surface area (Å²) in [7, 11) is 0. The number of aromatic nitrogens is 3. The lowest BCUT2D eigenvalue weighted by molar-refractivity contribution is -0.912. The van der Waals surface area contributed by atoms with Gasteiger partial charge in [-0.3, -0.25) is 14.8 Å². The second-order valence-electron chi connectivity index (χ2n) is 9.12. The minimum absolute atomic E-state index is 0.0724. The van der Waals surface area contributed by atoms with Crippen LogP contribution in [-0.2, 0) is 5.60 Å². The number of hydrogen-bond donors (Lipinski definition) is 3. The van der Waals surface area contributed by atoms with Gasteiger partial charge in [-0.05, 0) is 62.1 Å². The molecule has 3 heterocycles. The molecule has 0 atom stereocenters. The van der Waals surface area contributed by atoms with Crippen LogP contribution in [-0.4, -0.2) is 31.8 Å². The number of nitrogens with zero attached hydrogens (tertiary/aromatic N) is 3. The number of carbonyl (C=O) groups excluding carboxylic acids is 1. The van der Waals surface area contributed by atoms with Gasteiger partial charge in [0.2, 0.25) is 11.6 Å². The Morgan fingerprint density at radius 2 is 1.91 bits per heavy atom. The number of amides is 1. The van der Waals surface area contributed by atoms with Gasteiger partial charge in [0.15, 0.2) is 0 Å². The third kappa shape index (κ3) is 4.04. The molecule has 1 saturated carbocycles. The van der Waals surface area contributed by atoms with Crippen LogP contribution in [0.5, 0.6) is 0 Å². The highest BCUT2D eigenvalue weighted by Gasteiger charge is 2.29. The fourth-order valence-corrected chi connectivity index (χ4v) is 3.97. The molecule has 0 bridgehead atoms. The van der Waals surface area contributed by atoms with E-state index >= 15 is 0 Å². The maximum atomic E-state index is 13.0. The number of carbonyl (C=O) groups is 1. The van der Waals surface area contributed by atoms with Crippen LogP contribution in [0.15, 0.2) is 71.9 Å². The Morgan fingerprint density at radius 1 is 1.15 bits per heavy atom. The van der Waals surface area contributed by atoms with Crippen LogP contribution in [0, 0.1) is 0 Å². The molecule has 8 heteroatoms. The molecule has 3 N–H and O–H groups in total. The molecule has 172 valence electrons. The minimum Gasteiger partial charge on any atom is -0.379 e. The van der Waals surface area contributed by atoms with Gasteiger partial charge in [-0.1, -0.05) is 12.1 Å². The van der Waals surface area contributed by atoms with Crippen molar-refractivity contribution in [2.24, 2.45) is 0 Å². The Morgan fingerprint density at radius 3 is 2.65 bits per heavy atom. The van der Waals surface area contributed by atoms with Crippen LogP contribution in [0.4, 0.5) is 0 Å². The molecule has 0 unspecified atom stereocenters. The zero-order valence-electron chi connectivity index (χ0n) is 18.9. The number of hydrogen-bond acceptors (Lipinski definition) is 5. The van der Waals surface area contributed by atoms with Crippen LogP contribution < -0.4 is 15.5 Å². The van der Waals surface area contributed by atoms with Crippen molar-refractivity contribution >= 4 is 16.9 Å². The molecular formula is C26H25N4O4+. The van der Waals surface area contributed by atoms with Gasteiger partial charge in [-0.2, -0.15) is 0 Å². The topological polar surface area (TPSA) is 108 Å². The molecular weight excluding hydrogens is 432 g/mol. The van der Waals surface area contributed by atoms with Gasteiger partial charge in [-0.25, -0.2) is 4.98 Å². The summed E-state index contributed by atoms with van der Waals surface area (Å²) in [6, 6.07) is 14.5. The normalized spacial score (nSPS) is 13.7. The molecule has 4 aromatic rings. The first-order valence-electron chi connectivity index (χ1n) is 11.1. The first kappa shape index (κ1) is 21.8. The molecule has 1 fully saturated rings. The monoisotopic (exact) mass is 457 g/mol. The summed E-state index contributed by atoms with van der Waals surface area (Å²) in [5, 5.41) is 23.8. The molecule has 0 spiro atoms. The van der Waals surface area contributed by atoms with Crippen LogP contribution >= 0.6 is 0 Å². The van der Waals surface area contributed by atoms with Gasteiger partial charge in [0.05, 0.1) is 5.39 Å². The maximum absolute atomic E-state index is 13.0. The Kier molecular flexibility index (Phi) is 5.17. The van der Waals surface area contributed by atoms with Crippen molar-refractivity contribution in [3.63, 3.8) is 0 Å². The quantitative estimate of drug-likeness (QED) is 0.315. The Hall–Kier alpha value is -4.04. The Balaban J connectivity index is 1.65. The molecule has 34 heavy (non-hydrogen) atoms. The first-order chi connectivity index (χ1) is 16.2. The second-order valence-corrected chi connectivity index (χ2v) is 9.12. The minimum atomic E-state index is -1.25. The van der Waals surface area contributed by atoms with E-state index < -0.39 is 5.60 Å². The van der Waals surface area contributed by atoms with E-state index in [1.54, 1.807) is 55.1 Å². The lowest BCUT2D eigenvalue weighted by Gasteiger charge is -2.15. The second kappa shape index (κ2) is 8.07. The van der Waals surface area contributed by atoms with Gasteiger partial charge in [0, 0.05) is 41.0 Å². The van der Waals surface area contributed by atoms with E-state index in [0.29, 0.717) is 22.4 Å². The van der Waals surface area contributed by atoms with E-state index in [4.69, 9.17) is 0 Å². The highest BCUT2D eigenvalue weighted by molar-refractivity contribution is 5.97. The number of nitrogens with one attached hydrogen (secondary N) is 1. The molecule has 0 aliphatic heterocycles. The highest BCUT2D eigenvalue weighted by atomic mass is 16.5. The number of rotatable bonds is 5. The van der Waals surface area contributed by atoms with E-state index in [1.807, 2.05) is 24.3 Å². The largest absolute Gasteiger partial charge is 0.379 e. The third-order valence-electron chi connectivity index (χ3n) is 5.94. The molecule has 3 aromatic heterocycles. The summed E-state index contributed by atoms with van der Waals surface area (Å²) in [5.74, 6) is -0.381. The molecule has 0 saturated heterocycles. The lowest BCUT2D eigenvalue weighted by atomic mass is 9.99. The van der Waals surface area contributed by atoms with Gasteiger partial charge in [0.1, 0.15) is 16.8 Å². The molecule has 8 nitrogen and oxygen atoms in total. The van der Waals surface area contributed by atoms with Crippen molar-refractivity contribution in [2.45, 2.75) is 38.3 Å². The summed E-state index contributed by atoms with van der Waals surface area (Å²) in [6.07, 6.45) is 6.48. The average molecular weight is 458 g/mol. The van der Waals surface area contributed by atoms with Crippen molar-refractivity contribution in [3.8, 4) is 16.8 Å². The summed E-state index contributed by atoms with van der Waals surface area (Å²) < 4.78 is 2.64. The number of benzene rings is 1. The van der Waals surface area contributed by atoms with Crippen molar-refractivity contribution in [1.29, 1.82) is 0 Å². The van der Waals surface area contributed by atoms with Crippen molar-refractivity contribution in [1.82, 2.24) is 14.9 Å². The van der Waals surface area contributed by atoms with E-state index in [2.05, 4.69) is 10.3 Å². The number of aliphatic hydroxyl groups is 1. The summed E-state index contributed by atoms with van der Waals surface area (Å²) in [5.41, 5.74) is 1.60. The molecule has 1 amide bonds. The summed E-state index contributed by atoms with van der Waals surface area (Å²) >= 11 is 0. The zero-order chi connectivity index (χ0) is 24.0. The van der Waals surface area contributed by atoms with E-state index in [-0.39, 0.29) is 22.9 Å². The Bertz CT molecular complexity index is 1480. The molecule has 1 aliphatic rings. The molecule has 5 rings (SSSR count). The van der Waals surface area contributed by atoms with Crippen molar-refractivity contribution in [3.05, 3.63) is 88.6 Å². The summed E-state index contributed by atoms with van der Waals surface area (Å²) in [6.45, 7) is 3.20. The fraction of sp³-hybridized carbons (Fsp3) is 0.231.